The summed E-state index contributed by atoms with van der Waals surface area (Å²) in [6.45, 7) is 5.65. The van der Waals surface area contributed by atoms with Gasteiger partial charge in [0.25, 0.3) is 5.91 Å². The molecule has 0 aliphatic rings. The Balaban J connectivity index is 2.52. The van der Waals surface area contributed by atoms with Crippen LogP contribution in [0, 0.1) is 0 Å². The lowest BCUT2D eigenvalue weighted by Gasteiger charge is -2.28. The van der Waals surface area contributed by atoms with Gasteiger partial charge in [-0.05, 0) is 55.0 Å². The number of hydrogen-bond donors (Lipinski definition) is 1. The average molecular weight is 459 g/mol. The molecule has 2 aromatic rings. The number of nitrogens with one attached hydrogen (secondary N) is 1. The average Bonchev–Trinajstić information content (AvgIpc) is 2.78. The Morgan fingerprint density at radius 1 is 1.19 bits per heavy atom. The number of rotatable bonds is 11. The van der Waals surface area contributed by atoms with Gasteiger partial charge in [0.1, 0.15) is 0 Å². The van der Waals surface area contributed by atoms with Crippen molar-refractivity contribution >= 4 is 35.7 Å². The molecule has 0 aliphatic carbocycles. The van der Waals surface area contributed by atoms with Gasteiger partial charge < -0.3 is 14.8 Å². The van der Waals surface area contributed by atoms with E-state index in [1.807, 2.05) is 32.2 Å². The highest BCUT2D eigenvalue weighted by Gasteiger charge is 2.28. The molecule has 0 aromatic heterocycles. The molecule has 8 heteroatoms. The van der Waals surface area contributed by atoms with Crippen LogP contribution in [-0.4, -0.2) is 48.8 Å². The predicted octanol–water partition coefficient (Wildman–Crippen LogP) is 4.32. The Bertz CT molecular complexity index is 963. The number of benzene rings is 2. The Labute approximate surface area is 193 Å². The van der Waals surface area contributed by atoms with E-state index in [0.29, 0.717) is 53.5 Å². The highest BCUT2D eigenvalue weighted by Crippen LogP contribution is 2.34. The molecule has 172 valence electrons. The zero-order valence-corrected chi connectivity index (χ0v) is 20.0. The van der Waals surface area contributed by atoms with Crippen LogP contribution in [0.2, 0.25) is 0 Å². The molecule has 2 aromatic carbocycles. The van der Waals surface area contributed by atoms with Gasteiger partial charge in [0.2, 0.25) is 12.3 Å². The van der Waals surface area contributed by atoms with Crippen molar-refractivity contribution in [3.05, 3.63) is 53.1 Å². The highest BCUT2D eigenvalue weighted by atomic mass is 32.2. The van der Waals surface area contributed by atoms with Gasteiger partial charge in [-0.1, -0.05) is 19.1 Å². The minimum absolute atomic E-state index is 0.224. The molecule has 0 fully saturated rings. The molecule has 1 atom stereocenters. The first kappa shape index (κ1) is 25.3. The summed E-state index contributed by atoms with van der Waals surface area (Å²) in [4.78, 5) is 38.5. The Hall–Kier alpha value is -3.00. The van der Waals surface area contributed by atoms with E-state index >= 15 is 0 Å². The molecule has 7 nitrogen and oxygen atoms in total. The SMILES string of the molecule is CCOc1cc([C@@H](CSC)N(C=O)C(=O)c2cccc(NC(C)=O)c2CC)ccc1OC. The van der Waals surface area contributed by atoms with Gasteiger partial charge in [-0.2, -0.15) is 11.8 Å². The third-order valence-corrected chi connectivity index (χ3v) is 5.60. The molecule has 32 heavy (non-hydrogen) atoms. The van der Waals surface area contributed by atoms with E-state index < -0.39 is 11.9 Å². The van der Waals surface area contributed by atoms with E-state index in [2.05, 4.69) is 5.32 Å². The minimum Gasteiger partial charge on any atom is -0.493 e. The molecule has 0 bridgehead atoms. The number of thioether (sulfide) groups is 1. The van der Waals surface area contributed by atoms with Crippen LogP contribution in [0.25, 0.3) is 0 Å². The molecular formula is C24H30N2O5S. The number of hydrogen-bond acceptors (Lipinski definition) is 6. The largest absolute Gasteiger partial charge is 0.493 e. The second-order valence-corrected chi connectivity index (χ2v) is 7.91. The fourth-order valence-corrected chi connectivity index (χ4v) is 4.21. The summed E-state index contributed by atoms with van der Waals surface area (Å²) in [7, 11) is 1.56. The normalized spacial score (nSPS) is 11.4. The number of ether oxygens (including phenoxy) is 2. The van der Waals surface area contributed by atoms with Gasteiger partial charge in [0.15, 0.2) is 11.5 Å². The number of methoxy groups -OCH3 is 1. The molecular weight excluding hydrogens is 428 g/mol. The van der Waals surface area contributed by atoms with Crippen LogP contribution in [0.1, 0.15) is 48.3 Å². The number of carbonyl (C=O) groups excluding carboxylic acids is 3. The van der Waals surface area contributed by atoms with Crippen molar-refractivity contribution in [1.82, 2.24) is 4.90 Å². The van der Waals surface area contributed by atoms with Crippen molar-refractivity contribution in [2.45, 2.75) is 33.2 Å². The van der Waals surface area contributed by atoms with E-state index in [9.17, 15) is 14.4 Å². The second kappa shape index (κ2) is 12.1. The summed E-state index contributed by atoms with van der Waals surface area (Å²) < 4.78 is 11.0. The first-order chi connectivity index (χ1) is 15.4. The second-order valence-electron chi connectivity index (χ2n) is 7.00. The third-order valence-electron chi connectivity index (χ3n) is 4.95. The van der Waals surface area contributed by atoms with Crippen molar-refractivity contribution in [3.8, 4) is 11.5 Å². The highest BCUT2D eigenvalue weighted by molar-refractivity contribution is 7.98. The summed E-state index contributed by atoms with van der Waals surface area (Å²) in [6, 6.07) is 10.0. The maximum atomic E-state index is 13.5. The minimum atomic E-state index is -0.505. The molecule has 2 rings (SSSR count). The first-order valence-corrected chi connectivity index (χ1v) is 11.8. The van der Waals surface area contributed by atoms with Gasteiger partial charge in [0.05, 0.1) is 19.8 Å². The summed E-state index contributed by atoms with van der Waals surface area (Å²) >= 11 is 1.53. The molecule has 1 N–H and O–H groups in total. The lowest BCUT2D eigenvalue weighted by atomic mass is 9.99. The van der Waals surface area contributed by atoms with Crippen LogP contribution in [0.5, 0.6) is 11.5 Å². The fourth-order valence-electron chi connectivity index (χ4n) is 3.54. The number of imide groups is 1. The smallest absolute Gasteiger partial charge is 0.261 e. The van der Waals surface area contributed by atoms with Crippen LogP contribution in [0.15, 0.2) is 36.4 Å². The van der Waals surface area contributed by atoms with Crippen molar-refractivity contribution in [2.75, 3.05) is 31.0 Å². The zero-order chi connectivity index (χ0) is 23.7. The van der Waals surface area contributed by atoms with E-state index in [1.165, 1.54) is 23.6 Å². The molecule has 0 radical (unpaired) electrons. The topological polar surface area (TPSA) is 84.9 Å². The Morgan fingerprint density at radius 3 is 2.50 bits per heavy atom. The van der Waals surface area contributed by atoms with Gasteiger partial charge in [-0.3, -0.25) is 19.3 Å². The molecule has 0 aliphatic heterocycles. The summed E-state index contributed by atoms with van der Waals surface area (Å²) in [5.74, 6) is 1.00. The van der Waals surface area contributed by atoms with Gasteiger partial charge in [0, 0.05) is 23.9 Å². The molecule has 3 amide bonds. The van der Waals surface area contributed by atoms with Gasteiger partial charge >= 0.3 is 0 Å². The van der Waals surface area contributed by atoms with Crippen molar-refractivity contribution < 1.29 is 23.9 Å². The van der Waals surface area contributed by atoms with Crippen molar-refractivity contribution in [2.24, 2.45) is 0 Å². The van der Waals surface area contributed by atoms with E-state index in [-0.39, 0.29) is 5.91 Å². The van der Waals surface area contributed by atoms with Crippen molar-refractivity contribution in [1.29, 1.82) is 0 Å². The van der Waals surface area contributed by atoms with Crippen LogP contribution in [-0.2, 0) is 16.0 Å². The Kier molecular flexibility index (Phi) is 9.59. The van der Waals surface area contributed by atoms with Crippen LogP contribution < -0.4 is 14.8 Å². The van der Waals surface area contributed by atoms with E-state index in [4.69, 9.17) is 9.47 Å². The van der Waals surface area contributed by atoms with E-state index in [0.717, 1.165) is 5.56 Å². The monoisotopic (exact) mass is 458 g/mol. The predicted molar refractivity (Wildman–Crippen MR) is 128 cm³/mol. The maximum absolute atomic E-state index is 13.5. The molecule has 0 unspecified atom stereocenters. The number of anilines is 1. The molecule has 0 saturated carbocycles. The summed E-state index contributed by atoms with van der Waals surface area (Å²) in [5.41, 5.74) is 2.41. The molecule has 0 spiro atoms. The first-order valence-electron chi connectivity index (χ1n) is 10.4. The number of carbonyl (C=O) groups is 3. The lowest BCUT2D eigenvalue weighted by molar-refractivity contribution is -0.117. The van der Waals surface area contributed by atoms with Crippen molar-refractivity contribution in [3.63, 3.8) is 0 Å². The van der Waals surface area contributed by atoms with Crippen LogP contribution in [0.3, 0.4) is 0 Å². The summed E-state index contributed by atoms with van der Waals surface area (Å²) in [6.07, 6.45) is 3.01. The number of nitrogens with zero attached hydrogens (tertiary/aromatic N) is 1. The van der Waals surface area contributed by atoms with E-state index in [1.54, 1.807) is 31.4 Å². The summed E-state index contributed by atoms with van der Waals surface area (Å²) in [5, 5.41) is 2.76. The third kappa shape index (κ3) is 5.82. The van der Waals surface area contributed by atoms with Crippen LogP contribution >= 0.6 is 11.8 Å². The zero-order valence-electron chi connectivity index (χ0n) is 19.1. The Morgan fingerprint density at radius 2 is 1.94 bits per heavy atom. The quantitative estimate of drug-likeness (QED) is 0.505. The molecule has 0 saturated heterocycles. The van der Waals surface area contributed by atoms with Gasteiger partial charge in [-0.15, -0.1) is 0 Å². The standard InChI is InChI=1S/C24H30N2O5S/c1-6-18-19(9-8-10-20(18)25-16(3)28)24(29)26(15-27)21(14-32-5)17-11-12-22(30-4)23(13-17)31-7-2/h8-13,15,21H,6-7,14H2,1-5H3,(H,25,28)/t21-/m1/s1. The molecule has 0 heterocycles. The van der Waals surface area contributed by atoms with Gasteiger partial charge in [-0.25, -0.2) is 0 Å². The number of amides is 3. The maximum Gasteiger partial charge on any atom is 0.261 e. The van der Waals surface area contributed by atoms with Crippen LogP contribution in [0.4, 0.5) is 5.69 Å². The lowest BCUT2D eigenvalue weighted by Crippen LogP contribution is -2.35. The fraction of sp³-hybridized carbons (Fsp3) is 0.375.